The van der Waals surface area contributed by atoms with E-state index in [0.717, 1.165) is 16.8 Å². The number of hydrogen-bond acceptors (Lipinski definition) is 5. The van der Waals surface area contributed by atoms with Crippen molar-refractivity contribution in [3.05, 3.63) is 82.5 Å². The van der Waals surface area contributed by atoms with Gasteiger partial charge in [-0.25, -0.2) is 9.67 Å². The molecule has 0 aliphatic carbocycles. The van der Waals surface area contributed by atoms with E-state index in [4.69, 9.17) is 4.74 Å². The van der Waals surface area contributed by atoms with E-state index in [1.54, 1.807) is 11.8 Å². The quantitative estimate of drug-likeness (QED) is 0.533. The minimum atomic E-state index is -0.313. The van der Waals surface area contributed by atoms with Crippen LogP contribution in [-0.2, 0) is 17.9 Å². The fourth-order valence-electron chi connectivity index (χ4n) is 3.29. The van der Waals surface area contributed by atoms with Gasteiger partial charge in [0.2, 0.25) is 5.91 Å². The highest BCUT2D eigenvalue weighted by Gasteiger charge is 2.14. The van der Waals surface area contributed by atoms with E-state index in [1.807, 2.05) is 55.5 Å². The van der Waals surface area contributed by atoms with Crippen LogP contribution < -0.4 is 15.6 Å². The lowest BCUT2D eigenvalue weighted by Crippen LogP contribution is -2.32. The Kier molecular flexibility index (Phi) is 5.30. The third-order valence-electron chi connectivity index (χ3n) is 4.88. The Hall–Kier alpha value is -3.94. The molecule has 8 heteroatoms. The van der Waals surface area contributed by atoms with Crippen molar-refractivity contribution in [2.45, 2.75) is 20.0 Å². The molecule has 0 atom stereocenters. The number of methoxy groups -OCH3 is 1. The number of hydrogen-bond donors (Lipinski definition) is 1. The fourth-order valence-corrected chi connectivity index (χ4v) is 3.29. The number of carbonyl (C=O) groups is 1. The largest absolute Gasteiger partial charge is 0.496 e. The van der Waals surface area contributed by atoms with Crippen molar-refractivity contribution in [2.24, 2.45) is 0 Å². The molecular weight excluding hydrogens is 382 g/mol. The van der Waals surface area contributed by atoms with Crippen molar-refractivity contribution in [1.29, 1.82) is 0 Å². The summed E-state index contributed by atoms with van der Waals surface area (Å²) in [5, 5.41) is 7.50. The number of amides is 1. The van der Waals surface area contributed by atoms with Crippen molar-refractivity contribution < 1.29 is 9.53 Å². The molecule has 0 spiro atoms. The second-order valence-electron chi connectivity index (χ2n) is 6.85. The molecule has 0 radical (unpaired) electrons. The van der Waals surface area contributed by atoms with Crippen molar-refractivity contribution in [3.63, 3.8) is 0 Å². The monoisotopic (exact) mass is 403 g/mol. The summed E-state index contributed by atoms with van der Waals surface area (Å²) in [5.74, 6) is 0.400. The van der Waals surface area contributed by atoms with E-state index in [-0.39, 0.29) is 18.0 Å². The standard InChI is InChI=1S/C22H21N5O3/c1-15-7-3-5-9-18(15)27-21-17(12-25-27)22(29)26(14-24-21)13-20(28)23-11-16-8-4-6-10-19(16)30-2/h3-10,12,14H,11,13H2,1-2H3,(H,23,28). The molecule has 0 saturated carbocycles. The summed E-state index contributed by atoms with van der Waals surface area (Å²) >= 11 is 0. The van der Waals surface area contributed by atoms with Gasteiger partial charge in [-0.05, 0) is 24.6 Å². The Balaban J connectivity index is 1.54. The number of benzene rings is 2. The maximum atomic E-state index is 12.8. The number of ether oxygens (including phenoxy) is 1. The van der Waals surface area contributed by atoms with Crippen LogP contribution in [0.15, 0.2) is 65.8 Å². The molecule has 1 N–H and O–H groups in total. The summed E-state index contributed by atoms with van der Waals surface area (Å²) < 4.78 is 8.20. The zero-order valence-electron chi connectivity index (χ0n) is 16.7. The van der Waals surface area contributed by atoms with Gasteiger partial charge in [-0.2, -0.15) is 5.10 Å². The van der Waals surface area contributed by atoms with Crippen molar-refractivity contribution in [2.75, 3.05) is 7.11 Å². The minimum Gasteiger partial charge on any atom is -0.496 e. The molecule has 8 nitrogen and oxygen atoms in total. The number of aryl methyl sites for hydroxylation is 1. The molecular formula is C22H21N5O3. The zero-order valence-corrected chi connectivity index (χ0v) is 16.7. The lowest BCUT2D eigenvalue weighted by molar-refractivity contribution is -0.121. The smallest absolute Gasteiger partial charge is 0.264 e. The summed E-state index contributed by atoms with van der Waals surface area (Å²) in [4.78, 5) is 29.6. The number of rotatable bonds is 6. The van der Waals surface area contributed by atoms with Gasteiger partial charge < -0.3 is 10.1 Å². The van der Waals surface area contributed by atoms with Gasteiger partial charge in [0, 0.05) is 12.1 Å². The van der Waals surface area contributed by atoms with Crippen LogP contribution >= 0.6 is 0 Å². The third kappa shape index (κ3) is 3.67. The highest BCUT2D eigenvalue weighted by molar-refractivity contribution is 5.78. The molecule has 0 bridgehead atoms. The van der Waals surface area contributed by atoms with Crippen LogP contribution in [-0.4, -0.2) is 32.3 Å². The lowest BCUT2D eigenvalue weighted by Gasteiger charge is -2.10. The van der Waals surface area contributed by atoms with Gasteiger partial charge in [-0.1, -0.05) is 36.4 Å². The van der Waals surface area contributed by atoms with Crippen LogP contribution in [0.25, 0.3) is 16.7 Å². The van der Waals surface area contributed by atoms with Crippen molar-refractivity contribution in [3.8, 4) is 11.4 Å². The summed E-state index contributed by atoms with van der Waals surface area (Å²) in [7, 11) is 1.58. The summed E-state index contributed by atoms with van der Waals surface area (Å²) in [6.07, 6.45) is 2.87. The maximum Gasteiger partial charge on any atom is 0.264 e. The average molecular weight is 403 g/mol. The first kappa shape index (κ1) is 19.4. The van der Waals surface area contributed by atoms with Gasteiger partial charge in [0.25, 0.3) is 5.56 Å². The highest BCUT2D eigenvalue weighted by atomic mass is 16.5. The molecule has 0 fully saturated rings. The molecule has 0 aliphatic heterocycles. The molecule has 30 heavy (non-hydrogen) atoms. The number of aromatic nitrogens is 4. The summed E-state index contributed by atoms with van der Waals surface area (Å²) in [6.45, 7) is 2.14. The Labute approximate surface area is 172 Å². The minimum absolute atomic E-state index is 0.132. The van der Waals surface area contributed by atoms with Crippen LogP contribution in [0.2, 0.25) is 0 Å². The first-order valence-electron chi connectivity index (χ1n) is 9.46. The number of para-hydroxylation sites is 2. The molecule has 2 heterocycles. The predicted molar refractivity (Wildman–Crippen MR) is 113 cm³/mol. The van der Waals surface area contributed by atoms with Crippen LogP contribution in [0.3, 0.4) is 0 Å². The van der Waals surface area contributed by atoms with E-state index >= 15 is 0 Å². The average Bonchev–Trinajstić information content (AvgIpc) is 3.19. The predicted octanol–water partition coefficient (Wildman–Crippen LogP) is 2.22. The molecule has 152 valence electrons. The van der Waals surface area contributed by atoms with Gasteiger partial charge in [-0.15, -0.1) is 0 Å². The fraction of sp³-hybridized carbons (Fsp3) is 0.182. The van der Waals surface area contributed by atoms with E-state index in [9.17, 15) is 9.59 Å². The van der Waals surface area contributed by atoms with E-state index in [1.165, 1.54) is 17.1 Å². The van der Waals surface area contributed by atoms with Crippen LogP contribution in [0, 0.1) is 6.92 Å². The molecule has 4 aromatic rings. The van der Waals surface area contributed by atoms with E-state index in [0.29, 0.717) is 23.3 Å². The third-order valence-corrected chi connectivity index (χ3v) is 4.88. The summed E-state index contributed by atoms with van der Waals surface area (Å²) in [6, 6.07) is 15.2. The Bertz CT molecular complexity index is 1280. The molecule has 2 aromatic carbocycles. The normalized spacial score (nSPS) is 10.9. The lowest BCUT2D eigenvalue weighted by atomic mass is 10.2. The molecule has 4 rings (SSSR count). The summed E-state index contributed by atoms with van der Waals surface area (Å²) in [5.41, 5.74) is 2.87. The number of nitrogens with one attached hydrogen (secondary N) is 1. The van der Waals surface area contributed by atoms with Gasteiger partial charge in [0.1, 0.15) is 24.0 Å². The second kappa shape index (κ2) is 8.20. The second-order valence-corrected chi connectivity index (χ2v) is 6.85. The first-order chi connectivity index (χ1) is 14.6. The van der Waals surface area contributed by atoms with Crippen molar-refractivity contribution >= 4 is 16.9 Å². The SMILES string of the molecule is COc1ccccc1CNC(=O)Cn1cnc2c(cnn2-c2ccccc2C)c1=O. The number of fused-ring (bicyclic) bond motifs is 1. The molecule has 0 aliphatic rings. The Morgan fingerprint density at radius 2 is 1.90 bits per heavy atom. The Morgan fingerprint density at radius 1 is 1.13 bits per heavy atom. The van der Waals surface area contributed by atoms with Gasteiger partial charge in [0.05, 0.1) is 19.0 Å². The maximum absolute atomic E-state index is 12.8. The van der Waals surface area contributed by atoms with E-state index in [2.05, 4.69) is 15.4 Å². The van der Waals surface area contributed by atoms with Crippen LogP contribution in [0.5, 0.6) is 5.75 Å². The first-order valence-corrected chi connectivity index (χ1v) is 9.46. The van der Waals surface area contributed by atoms with Gasteiger partial charge >= 0.3 is 0 Å². The number of carbonyl (C=O) groups excluding carboxylic acids is 1. The topological polar surface area (TPSA) is 91.0 Å². The van der Waals surface area contributed by atoms with Gasteiger partial charge in [-0.3, -0.25) is 14.2 Å². The number of nitrogens with zero attached hydrogens (tertiary/aromatic N) is 4. The van der Waals surface area contributed by atoms with Crippen molar-refractivity contribution in [1.82, 2.24) is 24.6 Å². The molecule has 0 unspecified atom stereocenters. The molecule has 1 amide bonds. The Morgan fingerprint density at radius 3 is 2.70 bits per heavy atom. The van der Waals surface area contributed by atoms with Gasteiger partial charge in [0.15, 0.2) is 5.65 Å². The van der Waals surface area contributed by atoms with Crippen LogP contribution in [0.1, 0.15) is 11.1 Å². The molecule has 0 saturated heterocycles. The van der Waals surface area contributed by atoms with Crippen LogP contribution in [0.4, 0.5) is 0 Å². The highest BCUT2D eigenvalue weighted by Crippen LogP contribution is 2.18. The zero-order chi connectivity index (χ0) is 21.1. The van der Waals surface area contributed by atoms with E-state index < -0.39 is 0 Å². The molecule has 2 aromatic heterocycles.